The number of hydrogen-bond donors (Lipinski definition) is 1. The Hall–Kier alpha value is -5.94. The minimum Gasteiger partial charge on any atom is -0.497 e. The van der Waals surface area contributed by atoms with E-state index in [9.17, 15) is 19.5 Å². The molecule has 1 N–H and O–H groups in total. The summed E-state index contributed by atoms with van der Waals surface area (Å²) in [5.41, 5.74) is 3.26. The summed E-state index contributed by atoms with van der Waals surface area (Å²) in [7, 11) is 3.07. The topological polar surface area (TPSA) is 126 Å². The molecule has 1 aliphatic heterocycles. The van der Waals surface area contributed by atoms with E-state index >= 15 is 0 Å². The van der Waals surface area contributed by atoms with Crippen molar-refractivity contribution in [3.63, 3.8) is 0 Å². The highest BCUT2D eigenvalue weighted by Gasteiger charge is 2.35. The molecule has 0 amide bonds. The number of fused-ring (bicyclic) bond motifs is 1. The number of benzene rings is 4. The number of nitrogens with zero attached hydrogens (tertiary/aromatic N) is 2. The average molecular weight is 677 g/mol. The third-order valence-corrected chi connectivity index (χ3v) is 8.82. The molecular formula is C38H32N2O8S. The average Bonchev–Trinajstić information content (AvgIpc) is 3.44. The fraction of sp³-hybridized carbons (Fsp3) is 0.158. The standard InChI is InChI=1S/C38H32N2O8S/c1-4-47-37(44)32-33(25-11-6-5-7-12-25)39-38-40(34(32)26-13-9-15-28(21-26)45-2)35(41)31(49-38)20-23-16-17-29(30(19-23)46-3)48-22-24-10-8-14-27(18-24)36(42)43/h5-21,34H,4,22H2,1-3H3,(H,42,43)/b31-20-/t34-/m0/s1. The van der Waals surface area contributed by atoms with Crippen molar-refractivity contribution in [3.8, 4) is 17.2 Å². The van der Waals surface area contributed by atoms with Crippen LogP contribution in [-0.2, 0) is 16.1 Å². The predicted molar refractivity (Wildman–Crippen MR) is 185 cm³/mol. The summed E-state index contributed by atoms with van der Waals surface area (Å²) in [5, 5.41) is 9.30. The van der Waals surface area contributed by atoms with Gasteiger partial charge in [0.1, 0.15) is 12.4 Å². The first-order valence-electron chi connectivity index (χ1n) is 15.4. The van der Waals surface area contributed by atoms with E-state index in [2.05, 4.69) is 0 Å². The molecule has 0 saturated heterocycles. The highest BCUT2D eigenvalue weighted by molar-refractivity contribution is 7.07. The summed E-state index contributed by atoms with van der Waals surface area (Å²) in [5.74, 6) is -0.128. The zero-order valence-electron chi connectivity index (χ0n) is 26.9. The van der Waals surface area contributed by atoms with Crippen molar-refractivity contribution in [2.24, 2.45) is 4.99 Å². The van der Waals surface area contributed by atoms with Gasteiger partial charge in [0.2, 0.25) is 0 Å². The van der Waals surface area contributed by atoms with Gasteiger partial charge in [0.25, 0.3) is 5.56 Å². The molecule has 0 saturated carbocycles. The van der Waals surface area contributed by atoms with Gasteiger partial charge in [-0.2, -0.15) is 0 Å². The number of aromatic carboxylic acids is 1. The first-order chi connectivity index (χ1) is 23.8. The number of methoxy groups -OCH3 is 2. The van der Waals surface area contributed by atoms with Crippen LogP contribution in [0.5, 0.6) is 17.2 Å². The summed E-state index contributed by atoms with van der Waals surface area (Å²) in [6, 6.07) is 27.6. The van der Waals surface area contributed by atoms with Crippen molar-refractivity contribution in [1.82, 2.24) is 4.57 Å². The molecule has 1 atom stereocenters. The van der Waals surface area contributed by atoms with Gasteiger partial charge in [-0.3, -0.25) is 9.36 Å². The molecular weight excluding hydrogens is 644 g/mol. The van der Waals surface area contributed by atoms with Crippen LogP contribution in [0, 0.1) is 0 Å². The normalized spacial score (nSPS) is 14.1. The Bertz CT molecular complexity index is 2260. The minimum atomic E-state index is -1.02. The Morgan fingerprint density at radius 1 is 0.918 bits per heavy atom. The summed E-state index contributed by atoms with van der Waals surface area (Å²) in [6.45, 7) is 2.01. The quantitative estimate of drug-likeness (QED) is 0.189. The van der Waals surface area contributed by atoms with Crippen molar-refractivity contribution >= 4 is 35.0 Å². The molecule has 1 aromatic heterocycles. The molecule has 2 heterocycles. The number of esters is 1. The molecule has 0 aliphatic carbocycles. The maximum absolute atomic E-state index is 14.3. The summed E-state index contributed by atoms with van der Waals surface area (Å²) in [4.78, 5) is 44.6. The third-order valence-electron chi connectivity index (χ3n) is 7.84. The van der Waals surface area contributed by atoms with Crippen LogP contribution in [0.2, 0.25) is 0 Å². The van der Waals surface area contributed by atoms with E-state index in [1.807, 2.05) is 42.5 Å². The largest absolute Gasteiger partial charge is 0.497 e. The van der Waals surface area contributed by atoms with Crippen LogP contribution in [0.25, 0.3) is 11.8 Å². The van der Waals surface area contributed by atoms with E-state index in [0.717, 1.165) is 0 Å². The molecule has 0 spiro atoms. The smallest absolute Gasteiger partial charge is 0.338 e. The van der Waals surface area contributed by atoms with Crippen LogP contribution in [0.1, 0.15) is 45.6 Å². The lowest BCUT2D eigenvalue weighted by molar-refractivity contribution is -0.138. The number of carbonyl (C=O) groups excluding carboxylic acids is 1. The molecule has 11 heteroatoms. The zero-order chi connectivity index (χ0) is 34.5. The fourth-order valence-electron chi connectivity index (χ4n) is 5.57. The Morgan fingerprint density at radius 2 is 1.71 bits per heavy atom. The van der Waals surface area contributed by atoms with Crippen LogP contribution in [0.15, 0.2) is 112 Å². The number of aromatic nitrogens is 1. The summed E-state index contributed by atoms with van der Waals surface area (Å²) < 4.78 is 24.5. The summed E-state index contributed by atoms with van der Waals surface area (Å²) >= 11 is 1.21. The molecule has 49 heavy (non-hydrogen) atoms. The van der Waals surface area contributed by atoms with Gasteiger partial charge in [-0.15, -0.1) is 0 Å². The van der Waals surface area contributed by atoms with Crippen LogP contribution < -0.4 is 29.1 Å². The zero-order valence-corrected chi connectivity index (χ0v) is 27.7. The molecule has 1 aliphatic rings. The van der Waals surface area contributed by atoms with Gasteiger partial charge in [-0.1, -0.05) is 72.0 Å². The second-order valence-electron chi connectivity index (χ2n) is 10.9. The second-order valence-corrected chi connectivity index (χ2v) is 11.9. The van der Waals surface area contributed by atoms with Crippen molar-refractivity contribution in [1.29, 1.82) is 0 Å². The lowest BCUT2D eigenvalue weighted by Gasteiger charge is -2.26. The third kappa shape index (κ3) is 6.88. The van der Waals surface area contributed by atoms with E-state index in [1.54, 1.807) is 68.6 Å². The lowest BCUT2D eigenvalue weighted by atomic mass is 9.93. The van der Waals surface area contributed by atoms with Crippen molar-refractivity contribution in [2.75, 3.05) is 20.8 Å². The van der Waals surface area contributed by atoms with Gasteiger partial charge in [0.05, 0.1) is 48.2 Å². The van der Waals surface area contributed by atoms with Gasteiger partial charge >= 0.3 is 11.9 Å². The van der Waals surface area contributed by atoms with E-state index in [4.69, 9.17) is 23.9 Å². The Kier molecular flexibility index (Phi) is 9.72. The monoisotopic (exact) mass is 676 g/mol. The number of carboxylic acids is 1. The van der Waals surface area contributed by atoms with E-state index < -0.39 is 18.0 Å². The van der Waals surface area contributed by atoms with Crippen molar-refractivity contribution < 1.29 is 33.6 Å². The van der Waals surface area contributed by atoms with Crippen LogP contribution in [-0.4, -0.2) is 42.4 Å². The maximum atomic E-state index is 14.3. The molecule has 0 unspecified atom stereocenters. The number of carboxylic acid groups (broad SMARTS) is 1. The number of rotatable bonds is 11. The minimum absolute atomic E-state index is 0.131. The van der Waals surface area contributed by atoms with E-state index in [0.29, 0.717) is 54.5 Å². The molecule has 0 fully saturated rings. The number of thiazole rings is 1. The number of carbonyl (C=O) groups is 2. The molecule has 10 nitrogen and oxygen atoms in total. The number of hydrogen-bond acceptors (Lipinski definition) is 9. The van der Waals surface area contributed by atoms with Gasteiger partial charge in [0.15, 0.2) is 16.3 Å². The molecule has 248 valence electrons. The highest BCUT2D eigenvalue weighted by atomic mass is 32.1. The Morgan fingerprint density at radius 3 is 2.45 bits per heavy atom. The van der Waals surface area contributed by atoms with E-state index in [-0.39, 0.29) is 29.9 Å². The predicted octanol–water partition coefficient (Wildman–Crippen LogP) is 5.23. The van der Waals surface area contributed by atoms with Crippen molar-refractivity contribution in [3.05, 3.63) is 150 Å². The molecule has 6 rings (SSSR count). The second kappa shape index (κ2) is 14.4. The molecule has 5 aromatic rings. The SMILES string of the molecule is CCOC(=O)C1=C(c2ccccc2)N=c2s/c(=C\c3ccc(OCc4cccc(C(=O)O)c4)c(OC)c3)c(=O)n2[C@H]1c1cccc(OC)c1. The molecule has 0 bridgehead atoms. The van der Waals surface area contributed by atoms with Gasteiger partial charge in [-0.25, -0.2) is 14.6 Å². The first kappa shape index (κ1) is 33.0. The highest BCUT2D eigenvalue weighted by Crippen LogP contribution is 2.36. The molecule has 4 aromatic carbocycles. The van der Waals surface area contributed by atoms with Crippen LogP contribution in [0.3, 0.4) is 0 Å². The summed E-state index contributed by atoms with van der Waals surface area (Å²) in [6.07, 6.45) is 1.74. The van der Waals surface area contributed by atoms with Gasteiger partial charge in [-0.05, 0) is 66.1 Å². The lowest BCUT2D eigenvalue weighted by Crippen LogP contribution is -2.40. The van der Waals surface area contributed by atoms with Crippen LogP contribution >= 0.6 is 11.3 Å². The van der Waals surface area contributed by atoms with Crippen molar-refractivity contribution in [2.45, 2.75) is 19.6 Å². The van der Waals surface area contributed by atoms with E-state index in [1.165, 1.54) is 29.1 Å². The van der Waals surface area contributed by atoms with Gasteiger partial charge < -0.3 is 24.1 Å². The number of ether oxygens (including phenoxy) is 4. The Balaban J connectivity index is 1.45. The maximum Gasteiger partial charge on any atom is 0.338 e. The van der Waals surface area contributed by atoms with Crippen LogP contribution in [0.4, 0.5) is 0 Å². The Labute approximate surface area is 285 Å². The first-order valence-corrected chi connectivity index (χ1v) is 16.2. The fourth-order valence-corrected chi connectivity index (χ4v) is 6.57. The molecule has 0 radical (unpaired) electrons. The van der Waals surface area contributed by atoms with Gasteiger partial charge in [0, 0.05) is 5.56 Å².